The third-order valence-electron chi connectivity index (χ3n) is 4.98. The second kappa shape index (κ2) is 7.34. The van der Waals surface area contributed by atoms with Gasteiger partial charge in [0.15, 0.2) is 0 Å². The van der Waals surface area contributed by atoms with E-state index < -0.39 is 0 Å². The molecule has 0 N–H and O–H groups in total. The van der Waals surface area contributed by atoms with Gasteiger partial charge in [0.2, 0.25) is 0 Å². The van der Waals surface area contributed by atoms with E-state index in [-0.39, 0.29) is 10.8 Å². The van der Waals surface area contributed by atoms with Crippen molar-refractivity contribution in [2.75, 3.05) is 19.1 Å². The highest BCUT2D eigenvalue weighted by molar-refractivity contribution is 5.55. The lowest BCUT2D eigenvalue weighted by Gasteiger charge is -2.30. The summed E-state index contributed by atoms with van der Waals surface area (Å²) >= 11 is 0. The number of hydrogen-bond donors (Lipinski definition) is 0. The zero-order valence-electron chi connectivity index (χ0n) is 18.0. The molecule has 0 aliphatic heterocycles. The standard InChI is InChI=1S/C24H35NO/c1-17-12-10-11-13-21(17)25(8)16-18-14-19(23(2,3)4)15-20(22(18)26-9)24(5,6)7/h10-15H,16H2,1-9H3. The van der Waals surface area contributed by atoms with Gasteiger partial charge in [-0.25, -0.2) is 0 Å². The van der Waals surface area contributed by atoms with Gasteiger partial charge in [-0.2, -0.15) is 0 Å². The second-order valence-corrected chi connectivity index (χ2v) is 9.36. The fraction of sp³-hybridized carbons (Fsp3) is 0.500. The molecule has 2 heteroatoms. The molecule has 0 fully saturated rings. The largest absolute Gasteiger partial charge is 0.496 e. The van der Waals surface area contributed by atoms with Crippen LogP contribution in [-0.4, -0.2) is 14.2 Å². The van der Waals surface area contributed by atoms with Crippen LogP contribution in [0, 0.1) is 6.92 Å². The average molecular weight is 354 g/mol. The van der Waals surface area contributed by atoms with E-state index in [1.54, 1.807) is 7.11 Å². The molecule has 2 rings (SSSR count). The number of ether oxygens (including phenoxy) is 1. The third-order valence-corrected chi connectivity index (χ3v) is 4.98. The van der Waals surface area contributed by atoms with Gasteiger partial charge in [0, 0.05) is 30.4 Å². The Balaban J connectivity index is 2.57. The van der Waals surface area contributed by atoms with Gasteiger partial charge in [-0.05, 0) is 41.0 Å². The fourth-order valence-electron chi connectivity index (χ4n) is 3.37. The lowest BCUT2D eigenvalue weighted by molar-refractivity contribution is 0.391. The van der Waals surface area contributed by atoms with Crippen molar-refractivity contribution in [3.63, 3.8) is 0 Å². The van der Waals surface area contributed by atoms with E-state index in [1.807, 2.05) is 0 Å². The first kappa shape index (κ1) is 20.4. The monoisotopic (exact) mass is 353 g/mol. The molecule has 0 saturated carbocycles. The predicted octanol–water partition coefficient (Wildman–Crippen LogP) is 6.24. The van der Waals surface area contributed by atoms with E-state index in [2.05, 4.69) is 96.8 Å². The summed E-state index contributed by atoms with van der Waals surface area (Å²) in [6, 6.07) is 13.2. The Morgan fingerprint density at radius 1 is 0.923 bits per heavy atom. The molecule has 0 aliphatic carbocycles. The number of benzene rings is 2. The summed E-state index contributed by atoms with van der Waals surface area (Å²) in [5.41, 5.74) is 6.56. The van der Waals surface area contributed by atoms with Gasteiger partial charge in [-0.15, -0.1) is 0 Å². The van der Waals surface area contributed by atoms with Crippen LogP contribution in [0.5, 0.6) is 5.75 Å². The number of nitrogens with zero attached hydrogens (tertiary/aromatic N) is 1. The summed E-state index contributed by atoms with van der Waals surface area (Å²) in [6.45, 7) is 16.6. The fourth-order valence-corrected chi connectivity index (χ4v) is 3.37. The van der Waals surface area contributed by atoms with Crippen molar-refractivity contribution in [3.8, 4) is 5.75 Å². The van der Waals surface area contributed by atoms with Crippen molar-refractivity contribution in [1.29, 1.82) is 0 Å². The van der Waals surface area contributed by atoms with E-state index in [0.717, 1.165) is 12.3 Å². The molecule has 2 aromatic carbocycles. The van der Waals surface area contributed by atoms with Crippen LogP contribution in [0.1, 0.15) is 63.8 Å². The van der Waals surface area contributed by atoms with Crippen LogP contribution < -0.4 is 9.64 Å². The minimum atomic E-state index is 0.0303. The lowest BCUT2D eigenvalue weighted by Crippen LogP contribution is -2.22. The molecule has 0 unspecified atom stereocenters. The summed E-state index contributed by atoms with van der Waals surface area (Å²) in [5.74, 6) is 1.02. The van der Waals surface area contributed by atoms with Crippen LogP contribution in [0.25, 0.3) is 0 Å². The van der Waals surface area contributed by atoms with Crippen molar-refractivity contribution in [2.24, 2.45) is 0 Å². The Labute approximate surface area is 160 Å². The number of rotatable bonds is 4. The molecule has 0 aromatic heterocycles. The molecule has 142 valence electrons. The van der Waals surface area contributed by atoms with Crippen LogP contribution in [0.4, 0.5) is 5.69 Å². The van der Waals surface area contributed by atoms with Crippen molar-refractivity contribution in [3.05, 3.63) is 58.7 Å². The van der Waals surface area contributed by atoms with Crippen molar-refractivity contribution in [2.45, 2.75) is 65.8 Å². The zero-order chi connectivity index (χ0) is 19.7. The molecule has 2 aromatic rings. The zero-order valence-corrected chi connectivity index (χ0v) is 18.0. The highest BCUT2D eigenvalue weighted by Gasteiger charge is 2.26. The smallest absolute Gasteiger partial charge is 0.127 e. The Hall–Kier alpha value is -1.96. The predicted molar refractivity (Wildman–Crippen MR) is 114 cm³/mol. The maximum atomic E-state index is 5.91. The first-order valence-corrected chi connectivity index (χ1v) is 9.44. The van der Waals surface area contributed by atoms with Gasteiger partial charge < -0.3 is 9.64 Å². The van der Waals surface area contributed by atoms with Crippen molar-refractivity contribution < 1.29 is 4.74 Å². The van der Waals surface area contributed by atoms with Gasteiger partial charge in [0.05, 0.1) is 7.11 Å². The first-order chi connectivity index (χ1) is 11.9. The summed E-state index contributed by atoms with van der Waals surface area (Å²) < 4.78 is 5.91. The van der Waals surface area contributed by atoms with E-state index in [4.69, 9.17) is 4.74 Å². The number of para-hydroxylation sites is 1. The van der Waals surface area contributed by atoms with Gasteiger partial charge in [-0.3, -0.25) is 0 Å². The van der Waals surface area contributed by atoms with Crippen LogP contribution in [0.2, 0.25) is 0 Å². The van der Waals surface area contributed by atoms with Gasteiger partial charge >= 0.3 is 0 Å². The number of methoxy groups -OCH3 is 1. The van der Waals surface area contributed by atoms with Gasteiger partial charge in [0.1, 0.15) is 5.75 Å². The summed E-state index contributed by atoms with van der Waals surface area (Å²) in [7, 11) is 3.95. The first-order valence-electron chi connectivity index (χ1n) is 9.44. The molecular formula is C24H35NO. The number of anilines is 1. The lowest BCUT2D eigenvalue weighted by atomic mass is 9.79. The normalized spacial score (nSPS) is 12.2. The van der Waals surface area contributed by atoms with Crippen LogP contribution in [0.3, 0.4) is 0 Å². The van der Waals surface area contributed by atoms with E-state index in [1.165, 1.54) is 27.9 Å². The maximum absolute atomic E-state index is 5.91. The van der Waals surface area contributed by atoms with Crippen molar-refractivity contribution in [1.82, 2.24) is 0 Å². The molecule has 0 radical (unpaired) electrons. The molecule has 2 nitrogen and oxygen atoms in total. The minimum Gasteiger partial charge on any atom is -0.496 e. The molecule has 0 bridgehead atoms. The Bertz CT molecular complexity index is 763. The SMILES string of the molecule is COc1c(CN(C)c2ccccc2C)cc(C(C)(C)C)cc1C(C)(C)C. The van der Waals surface area contributed by atoms with E-state index >= 15 is 0 Å². The minimum absolute atomic E-state index is 0.0303. The van der Waals surface area contributed by atoms with E-state index in [9.17, 15) is 0 Å². The maximum Gasteiger partial charge on any atom is 0.127 e. The molecule has 0 aliphatic rings. The quantitative estimate of drug-likeness (QED) is 0.645. The molecule has 0 spiro atoms. The van der Waals surface area contributed by atoms with Crippen LogP contribution in [0.15, 0.2) is 36.4 Å². The Morgan fingerprint density at radius 3 is 2.04 bits per heavy atom. The third kappa shape index (κ3) is 4.41. The molecule has 0 saturated heterocycles. The summed E-state index contributed by atoms with van der Waals surface area (Å²) in [4.78, 5) is 2.31. The molecule has 0 heterocycles. The Kier molecular flexibility index (Phi) is 5.75. The van der Waals surface area contributed by atoms with Crippen molar-refractivity contribution >= 4 is 5.69 Å². The number of aryl methyl sites for hydroxylation is 1. The molecule has 0 atom stereocenters. The van der Waals surface area contributed by atoms with Crippen LogP contribution >= 0.6 is 0 Å². The Morgan fingerprint density at radius 2 is 1.54 bits per heavy atom. The van der Waals surface area contributed by atoms with E-state index in [0.29, 0.717) is 0 Å². The van der Waals surface area contributed by atoms with Gasteiger partial charge in [0.25, 0.3) is 0 Å². The highest BCUT2D eigenvalue weighted by Crippen LogP contribution is 2.39. The topological polar surface area (TPSA) is 12.5 Å². The summed E-state index contributed by atoms with van der Waals surface area (Å²) in [6.07, 6.45) is 0. The summed E-state index contributed by atoms with van der Waals surface area (Å²) in [5, 5.41) is 0. The molecule has 0 amide bonds. The number of hydrogen-bond acceptors (Lipinski definition) is 2. The highest BCUT2D eigenvalue weighted by atomic mass is 16.5. The average Bonchev–Trinajstić information content (AvgIpc) is 2.52. The van der Waals surface area contributed by atoms with Gasteiger partial charge in [-0.1, -0.05) is 65.8 Å². The second-order valence-electron chi connectivity index (χ2n) is 9.36. The van der Waals surface area contributed by atoms with Crippen LogP contribution in [-0.2, 0) is 17.4 Å². The molecule has 26 heavy (non-hydrogen) atoms. The molecular weight excluding hydrogens is 318 g/mol.